The molecule has 2 bridgehead atoms. The largest absolute Gasteiger partial charge is 0.462 e. The minimum Gasteiger partial charge on any atom is -0.462 e. The van der Waals surface area contributed by atoms with E-state index in [-0.39, 0.29) is 52.7 Å². The fourth-order valence-corrected chi connectivity index (χ4v) is 12.5. The second-order valence-electron chi connectivity index (χ2n) is 25.3. The molecule has 414 valence electrons. The zero-order chi connectivity index (χ0) is 53.4. The fraction of sp³-hybridized carbons (Fsp3) is 0.909. The van der Waals surface area contributed by atoms with Crippen molar-refractivity contribution < 1.29 is 61.4 Å². The zero-order valence-electron chi connectivity index (χ0n) is 48.3. The molecular weight excluding hydrogens is 939 g/mol. The molecule has 3 saturated heterocycles. The number of rotatable bonds is 17. The lowest BCUT2D eigenvalue weighted by Gasteiger charge is -2.51. The van der Waals surface area contributed by atoms with Gasteiger partial charge in [-0.3, -0.25) is 4.79 Å². The average molecular weight is 1040 g/mol. The number of esters is 1. The van der Waals surface area contributed by atoms with Crippen molar-refractivity contribution in [2.24, 2.45) is 17.8 Å². The number of hydrogen-bond acceptors (Lipinski definition) is 14. The van der Waals surface area contributed by atoms with Crippen molar-refractivity contribution in [3.8, 4) is 0 Å². The first-order valence-corrected chi connectivity index (χ1v) is 32.9. The molecule has 1 N–H and O–H groups in total. The molecule has 4 heterocycles. The smallest absolute Gasteiger partial charge is 0.308 e. The van der Waals surface area contributed by atoms with Crippen molar-refractivity contribution in [2.45, 2.75) is 270 Å². The molecular formula is C55H103NO13Si2. The number of aliphatic hydroxyl groups excluding tert-OH is 1. The topological polar surface area (TPSA) is 142 Å². The summed E-state index contributed by atoms with van der Waals surface area (Å²) in [4.78, 5) is 15.9. The number of likely N-dealkylation sites (N-methyl/N-ethyl adjacent to an activating group) is 1. The Bertz CT molecular complexity index is 1680. The quantitative estimate of drug-likeness (QED) is 0.109. The van der Waals surface area contributed by atoms with E-state index in [4.69, 9.17) is 51.5 Å². The number of cyclic esters (lactones) is 1. The summed E-state index contributed by atoms with van der Waals surface area (Å²) in [6, 6.07) is -0.570. The van der Waals surface area contributed by atoms with Gasteiger partial charge in [-0.15, -0.1) is 0 Å². The van der Waals surface area contributed by atoms with Crippen molar-refractivity contribution in [2.75, 3.05) is 34.4 Å². The predicted octanol–water partition coefficient (Wildman–Crippen LogP) is 10.6. The first kappa shape index (κ1) is 62.4. The Labute approximate surface area is 433 Å². The standard InChI is InChI=1S/C55H103NO13Si2/c1-22-29-61-55(14)34-45(63-39(7)51(55)60-30-28-35(2)3)66-48-38(6)64-52(47(58)46(48)56(15)16)67-49-40-31-36(4)41(68-70(18,19)53(8,9)10)27-25-23-24-26-37(5)62-43(57)33-42(50(49)59-17)65-44(32-40)69-71(20,21)54(11,12)13/h23-25,27,35-42,44-52,58H,22,26,28-34H2,1-21H3/b24-23+,27-25+/t36-,37-,38+,39-,40-,41+,42-,44?,45-,46+,47+,48+,49+,50+,51-,52-,55+/m1/s1. The number of nitrogens with zero attached hydrogens (tertiary/aromatic N) is 1. The van der Waals surface area contributed by atoms with E-state index in [0.29, 0.717) is 44.8 Å². The van der Waals surface area contributed by atoms with Crippen LogP contribution in [0.2, 0.25) is 36.3 Å². The molecule has 0 saturated carbocycles. The monoisotopic (exact) mass is 1040 g/mol. The first-order valence-electron chi connectivity index (χ1n) is 27.1. The van der Waals surface area contributed by atoms with Crippen LogP contribution in [0, 0.1) is 17.8 Å². The highest BCUT2D eigenvalue weighted by atomic mass is 28.4. The summed E-state index contributed by atoms with van der Waals surface area (Å²) in [5, 5.41) is 12.5. The van der Waals surface area contributed by atoms with E-state index in [2.05, 4.69) is 115 Å². The molecule has 16 heteroatoms. The van der Waals surface area contributed by atoms with Crippen molar-refractivity contribution in [1.82, 2.24) is 4.90 Å². The van der Waals surface area contributed by atoms with Gasteiger partial charge in [-0.1, -0.05) is 93.5 Å². The number of allylic oxidation sites excluding steroid dienone is 2. The van der Waals surface area contributed by atoms with Crippen LogP contribution in [-0.4, -0.2) is 159 Å². The van der Waals surface area contributed by atoms with Gasteiger partial charge in [-0.25, -0.2) is 0 Å². The Hall–Kier alpha value is -1.10. The molecule has 3 fully saturated rings. The third-order valence-corrected chi connectivity index (χ3v) is 25.2. The van der Waals surface area contributed by atoms with Gasteiger partial charge in [0.2, 0.25) is 0 Å². The number of fused-ring (bicyclic) bond motifs is 3. The highest BCUT2D eigenvalue weighted by Gasteiger charge is 2.54. The van der Waals surface area contributed by atoms with Crippen LogP contribution < -0.4 is 0 Å². The lowest BCUT2D eigenvalue weighted by Crippen LogP contribution is -2.66. The number of aliphatic hydroxyl groups is 1. The molecule has 4 rings (SSSR count). The number of carbonyl (C=O) groups is 1. The maximum Gasteiger partial charge on any atom is 0.308 e. The molecule has 0 spiro atoms. The van der Waals surface area contributed by atoms with Gasteiger partial charge in [-0.2, -0.15) is 0 Å². The highest BCUT2D eigenvalue weighted by molar-refractivity contribution is 6.74. The normalized spacial score (nSPS) is 38.6. The second kappa shape index (κ2) is 26.3. The van der Waals surface area contributed by atoms with Gasteiger partial charge in [0.1, 0.15) is 36.8 Å². The second-order valence-corrected chi connectivity index (χ2v) is 34.8. The molecule has 0 aromatic rings. The average Bonchev–Trinajstić information content (AvgIpc) is 3.35. The number of hydrogen-bond donors (Lipinski definition) is 1. The Morgan fingerprint density at radius 2 is 1.49 bits per heavy atom. The molecule has 0 aromatic carbocycles. The molecule has 0 aliphatic carbocycles. The lowest BCUT2D eigenvalue weighted by molar-refractivity contribution is -0.347. The Balaban J connectivity index is 1.78. The number of methoxy groups -OCH3 is 1. The summed E-state index contributed by atoms with van der Waals surface area (Å²) >= 11 is 0. The van der Waals surface area contributed by atoms with Crippen LogP contribution in [0.3, 0.4) is 0 Å². The summed E-state index contributed by atoms with van der Waals surface area (Å²) < 4.78 is 74.6. The molecule has 4 aliphatic rings. The molecule has 0 amide bonds. The summed E-state index contributed by atoms with van der Waals surface area (Å²) in [6.07, 6.45) is 3.73. The van der Waals surface area contributed by atoms with Crippen molar-refractivity contribution in [3.05, 3.63) is 24.3 Å². The van der Waals surface area contributed by atoms with Gasteiger partial charge in [0.05, 0.1) is 48.6 Å². The summed E-state index contributed by atoms with van der Waals surface area (Å²) in [7, 11) is 0.805. The maximum absolute atomic E-state index is 13.9. The number of ether oxygens (including phenoxy) is 9. The minimum atomic E-state index is -2.43. The van der Waals surface area contributed by atoms with Gasteiger partial charge >= 0.3 is 5.97 Å². The van der Waals surface area contributed by atoms with Crippen molar-refractivity contribution >= 4 is 22.6 Å². The van der Waals surface area contributed by atoms with Crippen LogP contribution in [0.15, 0.2) is 24.3 Å². The molecule has 0 radical (unpaired) electrons. The Morgan fingerprint density at radius 3 is 2.08 bits per heavy atom. The third kappa shape index (κ3) is 16.9. The molecule has 0 aromatic heterocycles. The van der Waals surface area contributed by atoms with E-state index in [0.717, 1.165) is 12.8 Å². The van der Waals surface area contributed by atoms with Gasteiger partial charge in [-0.05, 0) is 115 Å². The van der Waals surface area contributed by atoms with E-state index in [9.17, 15) is 9.90 Å². The van der Waals surface area contributed by atoms with Gasteiger partial charge in [0, 0.05) is 39.6 Å². The lowest BCUT2D eigenvalue weighted by atomic mass is 9.83. The van der Waals surface area contributed by atoms with E-state index in [1.54, 1.807) is 7.11 Å². The summed E-state index contributed by atoms with van der Waals surface area (Å²) in [6.45, 7) is 40.3. The Morgan fingerprint density at radius 1 is 0.845 bits per heavy atom. The van der Waals surface area contributed by atoms with E-state index >= 15 is 0 Å². The molecule has 17 atom stereocenters. The third-order valence-electron chi connectivity index (χ3n) is 16.2. The van der Waals surface area contributed by atoms with E-state index in [1.807, 2.05) is 51.9 Å². The van der Waals surface area contributed by atoms with Crippen LogP contribution in [0.25, 0.3) is 0 Å². The first-order chi connectivity index (χ1) is 32.8. The highest BCUT2D eigenvalue weighted by Crippen LogP contribution is 2.45. The molecule has 1 unspecified atom stereocenters. The van der Waals surface area contributed by atoms with Crippen LogP contribution >= 0.6 is 0 Å². The fourth-order valence-electron chi connectivity index (χ4n) is 9.96. The molecule has 4 aliphatic heterocycles. The van der Waals surface area contributed by atoms with Crippen LogP contribution in [-0.2, 0) is 56.3 Å². The van der Waals surface area contributed by atoms with E-state index in [1.165, 1.54) is 0 Å². The predicted molar refractivity (Wildman–Crippen MR) is 285 cm³/mol. The molecule has 14 nitrogen and oxygen atoms in total. The summed E-state index contributed by atoms with van der Waals surface area (Å²) in [5.41, 5.74) is -0.666. The SMILES string of the molecule is CCCO[C@@]1(C)C[C@@H](O[C@@H]2[C@@H](N(C)C)[C@H](O)[C@@H](O[C@H]3[C@H]4CC(O[Si](C)(C)C(C)(C)C)O[C@H](CC(=O)O[C@H](C)C/C=C/C=C/[C@H](O[Si](C)(C)C(C)(C)C)[C@H](C)C4)[C@@H]3OC)O[C@H]2C)O[C@H](C)[C@H]1OCCC(C)C. The van der Waals surface area contributed by atoms with Crippen molar-refractivity contribution in [1.29, 1.82) is 0 Å². The van der Waals surface area contributed by atoms with Crippen molar-refractivity contribution in [3.63, 3.8) is 0 Å². The minimum absolute atomic E-state index is 0.00208. The zero-order valence-corrected chi connectivity index (χ0v) is 50.3. The van der Waals surface area contributed by atoms with Gasteiger partial charge < -0.3 is 61.5 Å². The van der Waals surface area contributed by atoms with Crippen LogP contribution in [0.4, 0.5) is 0 Å². The number of carbonyl (C=O) groups excluding carboxylic acids is 1. The van der Waals surface area contributed by atoms with Gasteiger partial charge in [0.15, 0.2) is 29.2 Å². The van der Waals surface area contributed by atoms with E-state index < -0.39 is 89.7 Å². The maximum atomic E-state index is 13.9. The molecule has 71 heavy (non-hydrogen) atoms. The summed E-state index contributed by atoms with van der Waals surface area (Å²) in [5.74, 6) is -0.162. The van der Waals surface area contributed by atoms with Crippen LogP contribution in [0.5, 0.6) is 0 Å². The van der Waals surface area contributed by atoms with Gasteiger partial charge in [0.25, 0.3) is 0 Å². The van der Waals surface area contributed by atoms with Crippen LogP contribution in [0.1, 0.15) is 142 Å². The Kier molecular flexibility index (Phi) is 23.1.